The highest BCUT2D eigenvalue weighted by atomic mass is 16.5. The van der Waals surface area contributed by atoms with Crippen molar-refractivity contribution in [2.45, 2.75) is 6.42 Å². The third kappa shape index (κ3) is 3.85. The van der Waals surface area contributed by atoms with E-state index in [-0.39, 0.29) is 6.03 Å². The van der Waals surface area contributed by atoms with Crippen molar-refractivity contribution < 1.29 is 14.3 Å². The maximum Gasteiger partial charge on any atom is 0.319 e. The molecule has 1 heterocycles. The lowest BCUT2D eigenvalue weighted by Gasteiger charge is -2.10. The predicted molar refractivity (Wildman–Crippen MR) is 98.6 cm³/mol. The van der Waals surface area contributed by atoms with Crippen LogP contribution in [0.4, 0.5) is 10.5 Å². The average molecular weight is 339 g/mol. The van der Waals surface area contributed by atoms with E-state index in [1.165, 1.54) is 0 Å². The lowest BCUT2D eigenvalue weighted by Crippen LogP contribution is -2.30. The number of ether oxygens (including phenoxy) is 2. The summed E-state index contributed by atoms with van der Waals surface area (Å²) < 4.78 is 10.5. The van der Waals surface area contributed by atoms with Gasteiger partial charge in [-0.15, -0.1) is 0 Å². The molecular formula is C19H21N3O3. The highest BCUT2D eigenvalue weighted by Gasteiger charge is 2.08. The van der Waals surface area contributed by atoms with Gasteiger partial charge in [-0.05, 0) is 42.3 Å². The summed E-state index contributed by atoms with van der Waals surface area (Å²) in [5.74, 6) is 1.44. The summed E-state index contributed by atoms with van der Waals surface area (Å²) in [5, 5.41) is 6.76. The van der Waals surface area contributed by atoms with Crippen LogP contribution in [0.25, 0.3) is 10.9 Å². The fourth-order valence-electron chi connectivity index (χ4n) is 2.72. The Labute approximate surface area is 146 Å². The molecule has 0 saturated carbocycles. The molecule has 0 aliphatic heterocycles. The highest BCUT2D eigenvalue weighted by Crippen LogP contribution is 2.24. The highest BCUT2D eigenvalue weighted by molar-refractivity contribution is 5.91. The number of rotatable bonds is 6. The minimum Gasteiger partial charge on any atom is -0.497 e. The molecule has 0 aliphatic rings. The normalized spacial score (nSPS) is 10.5. The summed E-state index contributed by atoms with van der Waals surface area (Å²) >= 11 is 0. The molecule has 3 N–H and O–H groups in total. The lowest BCUT2D eigenvalue weighted by atomic mass is 10.1. The Hall–Kier alpha value is -3.15. The first-order chi connectivity index (χ1) is 12.2. The number of hydrogen-bond acceptors (Lipinski definition) is 3. The number of H-pyrrole nitrogens is 1. The Bertz CT molecular complexity index is 873. The standard InChI is InChI=1S/C19H21N3O3/c1-24-14-7-8-16-15(11-14)13(12-21-16)9-10-20-19(23)22-17-5-3-4-6-18(17)25-2/h3-8,11-12,21H,9-10H2,1-2H3,(H2,20,22,23). The molecule has 0 unspecified atom stereocenters. The second-order valence-electron chi connectivity index (χ2n) is 5.56. The molecule has 0 atom stereocenters. The quantitative estimate of drug-likeness (QED) is 0.643. The van der Waals surface area contributed by atoms with Gasteiger partial charge in [0.05, 0.1) is 19.9 Å². The first-order valence-corrected chi connectivity index (χ1v) is 8.03. The van der Waals surface area contributed by atoms with Crippen LogP contribution in [0, 0.1) is 0 Å². The Morgan fingerprint density at radius 2 is 1.96 bits per heavy atom. The van der Waals surface area contributed by atoms with E-state index in [1.807, 2.05) is 36.5 Å². The van der Waals surface area contributed by atoms with Crippen LogP contribution < -0.4 is 20.1 Å². The van der Waals surface area contributed by atoms with Crippen LogP contribution in [-0.4, -0.2) is 31.8 Å². The predicted octanol–water partition coefficient (Wildman–Crippen LogP) is 3.55. The number of aromatic nitrogens is 1. The van der Waals surface area contributed by atoms with Gasteiger partial charge < -0.3 is 25.1 Å². The molecule has 2 amide bonds. The van der Waals surface area contributed by atoms with Gasteiger partial charge in [0.15, 0.2) is 0 Å². The number of nitrogens with one attached hydrogen (secondary N) is 3. The minimum atomic E-state index is -0.262. The molecule has 0 saturated heterocycles. The van der Waals surface area contributed by atoms with Gasteiger partial charge in [-0.3, -0.25) is 0 Å². The van der Waals surface area contributed by atoms with E-state index in [0.29, 0.717) is 24.4 Å². The van der Waals surface area contributed by atoms with Crippen LogP contribution in [-0.2, 0) is 6.42 Å². The molecule has 2 aromatic carbocycles. The van der Waals surface area contributed by atoms with Crippen molar-refractivity contribution in [3.63, 3.8) is 0 Å². The second kappa shape index (κ2) is 7.61. The van der Waals surface area contributed by atoms with Crippen LogP contribution in [0.5, 0.6) is 11.5 Å². The van der Waals surface area contributed by atoms with E-state index in [2.05, 4.69) is 15.6 Å². The fourth-order valence-corrected chi connectivity index (χ4v) is 2.72. The minimum absolute atomic E-state index is 0.262. The number of methoxy groups -OCH3 is 2. The topological polar surface area (TPSA) is 75.4 Å². The van der Waals surface area contributed by atoms with E-state index in [0.717, 1.165) is 22.2 Å². The van der Waals surface area contributed by atoms with E-state index >= 15 is 0 Å². The van der Waals surface area contributed by atoms with Crippen molar-refractivity contribution >= 4 is 22.6 Å². The van der Waals surface area contributed by atoms with Crippen molar-refractivity contribution in [1.29, 1.82) is 0 Å². The maximum absolute atomic E-state index is 12.1. The molecule has 1 aromatic heterocycles. The number of fused-ring (bicyclic) bond motifs is 1. The number of hydrogen-bond donors (Lipinski definition) is 3. The van der Waals surface area contributed by atoms with Gasteiger partial charge in [-0.1, -0.05) is 12.1 Å². The van der Waals surface area contributed by atoms with Crippen molar-refractivity contribution in [1.82, 2.24) is 10.3 Å². The number of anilines is 1. The largest absolute Gasteiger partial charge is 0.497 e. The molecule has 0 spiro atoms. The van der Waals surface area contributed by atoms with Gasteiger partial charge in [-0.25, -0.2) is 4.79 Å². The fraction of sp³-hybridized carbons (Fsp3) is 0.211. The first kappa shape index (κ1) is 16.7. The van der Waals surface area contributed by atoms with E-state index in [1.54, 1.807) is 26.4 Å². The van der Waals surface area contributed by atoms with Crippen molar-refractivity contribution in [2.24, 2.45) is 0 Å². The van der Waals surface area contributed by atoms with E-state index in [9.17, 15) is 4.79 Å². The van der Waals surface area contributed by atoms with Gasteiger partial charge >= 0.3 is 6.03 Å². The zero-order chi connectivity index (χ0) is 17.6. The first-order valence-electron chi connectivity index (χ1n) is 8.03. The molecule has 25 heavy (non-hydrogen) atoms. The monoisotopic (exact) mass is 339 g/mol. The molecule has 3 aromatic rings. The molecule has 0 radical (unpaired) electrons. The van der Waals surface area contributed by atoms with Crippen LogP contribution in [0.3, 0.4) is 0 Å². The summed E-state index contributed by atoms with van der Waals surface area (Å²) in [6, 6.07) is 12.9. The van der Waals surface area contributed by atoms with Crippen molar-refractivity contribution in [2.75, 3.05) is 26.1 Å². The van der Waals surface area contributed by atoms with Crippen molar-refractivity contribution in [3.8, 4) is 11.5 Å². The summed E-state index contributed by atoms with van der Waals surface area (Å²) in [6.07, 6.45) is 2.68. The summed E-state index contributed by atoms with van der Waals surface area (Å²) in [5.41, 5.74) is 2.82. The number of benzene rings is 2. The number of carbonyl (C=O) groups is 1. The maximum atomic E-state index is 12.1. The van der Waals surface area contributed by atoms with Gasteiger partial charge in [0.1, 0.15) is 11.5 Å². The van der Waals surface area contributed by atoms with Crippen molar-refractivity contribution in [3.05, 3.63) is 54.2 Å². The Kier molecular flexibility index (Phi) is 5.09. The summed E-state index contributed by atoms with van der Waals surface area (Å²) in [7, 11) is 3.22. The van der Waals surface area contributed by atoms with E-state index < -0.39 is 0 Å². The number of amides is 2. The average Bonchev–Trinajstić information content (AvgIpc) is 3.04. The Balaban J connectivity index is 1.58. The molecule has 3 rings (SSSR count). The van der Waals surface area contributed by atoms with Crippen LogP contribution >= 0.6 is 0 Å². The molecule has 0 aliphatic carbocycles. The molecule has 6 heteroatoms. The van der Waals surface area contributed by atoms with Gasteiger partial charge in [0.25, 0.3) is 0 Å². The summed E-state index contributed by atoms with van der Waals surface area (Å²) in [4.78, 5) is 15.3. The van der Waals surface area contributed by atoms with Gasteiger partial charge in [0, 0.05) is 23.6 Å². The molecule has 0 bridgehead atoms. The Morgan fingerprint density at radius 1 is 1.12 bits per heavy atom. The van der Waals surface area contributed by atoms with Crippen LogP contribution in [0.15, 0.2) is 48.7 Å². The molecule has 6 nitrogen and oxygen atoms in total. The number of aromatic amines is 1. The number of carbonyl (C=O) groups excluding carboxylic acids is 1. The van der Waals surface area contributed by atoms with Gasteiger partial charge in [0.2, 0.25) is 0 Å². The zero-order valence-corrected chi connectivity index (χ0v) is 14.3. The third-order valence-corrected chi connectivity index (χ3v) is 4.01. The smallest absolute Gasteiger partial charge is 0.319 e. The SMILES string of the molecule is COc1ccc2[nH]cc(CCNC(=O)Nc3ccccc3OC)c2c1. The Morgan fingerprint density at radius 3 is 2.76 bits per heavy atom. The second-order valence-corrected chi connectivity index (χ2v) is 5.56. The van der Waals surface area contributed by atoms with Gasteiger partial charge in [-0.2, -0.15) is 0 Å². The molecule has 130 valence electrons. The third-order valence-electron chi connectivity index (χ3n) is 4.01. The van der Waals surface area contributed by atoms with Crippen LogP contribution in [0.1, 0.15) is 5.56 Å². The van der Waals surface area contributed by atoms with Crippen LogP contribution in [0.2, 0.25) is 0 Å². The van der Waals surface area contributed by atoms with E-state index in [4.69, 9.17) is 9.47 Å². The molecule has 0 fully saturated rings. The lowest BCUT2D eigenvalue weighted by molar-refractivity contribution is 0.252. The number of urea groups is 1. The molecular weight excluding hydrogens is 318 g/mol. The zero-order valence-electron chi connectivity index (χ0n) is 14.3. The summed E-state index contributed by atoms with van der Waals surface area (Å²) in [6.45, 7) is 0.519. The number of para-hydroxylation sites is 2.